The number of carbonyl (C=O) groups excluding carboxylic acids is 1. The first-order valence-corrected chi connectivity index (χ1v) is 6.20. The SMILES string of the molecule is O=C(CN1CCNCC1)Nc1cc(F)cc(Cl)c1. The minimum Gasteiger partial charge on any atom is -0.325 e. The second kappa shape index (κ2) is 6.13. The van der Waals surface area contributed by atoms with Crippen LogP contribution in [0.15, 0.2) is 18.2 Å². The molecule has 6 heteroatoms. The Morgan fingerprint density at radius 3 is 2.78 bits per heavy atom. The largest absolute Gasteiger partial charge is 0.325 e. The highest BCUT2D eigenvalue weighted by Crippen LogP contribution is 2.17. The van der Waals surface area contributed by atoms with Gasteiger partial charge in [0.05, 0.1) is 6.54 Å². The van der Waals surface area contributed by atoms with E-state index in [2.05, 4.69) is 10.6 Å². The first kappa shape index (κ1) is 13.3. The Balaban J connectivity index is 1.89. The molecule has 4 nitrogen and oxygen atoms in total. The van der Waals surface area contributed by atoms with E-state index in [0.29, 0.717) is 12.2 Å². The van der Waals surface area contributed by atoms with Gasteiger partial charge in [0.1, 0.15) is 5.82 Å². The minimum absolute atomic E-state index is 0.154. The van der Waals surface area contributed by atoms with Crippen LogP contribution in [0.1, 0.15) is 0 Å². The molecule has 0 atom stereocenters. The van der Waals surface area contributed by atoms with Gasteiger partial charge in [-0.05, 0) is 18.2 Å². The molecule has 18 heavy (non-hydrogen) atoms. The monoisotopic (exact) mass is 271 g/mol. The van der Waals surface area contributed by atoms with Crippen molar-refractivity contribution in [1.82, 2.24) is 10.2 Å². The van der Waals surface area contributed by atoms with Crippen LogP contribution in [0.2, 0.25) is 5.02 Å². The standard InChI is InChI=1S/C12H15ClFN3O/c13-9-5-10(14)7-11(6-9)16-12(18)8-17-3-1-15-2-4-17/h5-7,15H,1-4,8H2,(H,16,18). The maximum Gasteiger partial charge on any atom is 0.238 e. The molecule has 1 heterocycles. The third-order valence-corrected chi connectivity index (χ3v) is 2.94. The lowest BCUT2D eigenvalue weighted by molar-refractivity contribution is -0.117. The number of anilines is 1. The van der Waals surface area contributed by atoms with Crippen LogP contribution in [0.5, 0.6) is 0 Å². The summed E-state index contributed by atoms with van der Waals surface area (Å²) in [5.41, 5.74) is 0.389. The molecule has 1 aliphatic rings. The van der Waals surface area contributed by atoms with Gasteiger partial charge in [0.25, 0.3) is 0 Å². The second-order valence-electron chi connectivity index (χ2n) is 4.23. The first-order chi connectivity index (χ1) is 8.63. The number of nitrogens with zero attached hydrogens (tertiary/aromatic N) is 1. The minimum atomic E-state index is -0.458. The molecule has 98 valence electrons. The zero-order valence-electron chi connectivity index (χ0n) is 9.88. The first-order valence-electron chi connectivity index (χ1n) is 5.82. The van der Waals surface area contributed by atoms with Crippen molar-refractivity contribution >= 4 is 23.2 Å². The van der Waals surface area contributed by atoms with E-state index in [1.807, 2.05) is 4.90 Å². The van der Waals surface area contributed by atoms with E-state index in [1.165, 1.54) is 18.2 Å². The molecule has 1 aliphatic heterocycles. The summed E-state index contributed by atoms with van der Waals surface area (Å²) in [4.78, 5) is 13.8. The number of hydrogen-bond donors (Lipinski definition) is 2. The fourth-order valence-corrected chi connectivity index (χ4v) is 2.12. The highest BCUT2D eigenvalue weighted by Gasteiger charge is 2.13. The van der Waals surface area contributed by atoms with E-state index >= 15 is 0 Å². The van der Waals surface area contributed by atoms with E-state index in [0.717, 1.165) is 26.2 Å². The van der Waals surface area contributed by atoms with Crippen molar-refractivity contribution in [3.8, 4) is 0 Å². The Labute approximate surface area is 110 Å². The van der Waals surface area contributed by atoms with Gasteiger partial charge in [-0.2, -0.15) is 0 Å². The lowest BCUT2D eigenvalue weighted by Crippen LogP contribution is -2.46. The van der Waals surface area contributed by atoms with Gasteiger partial charge >= 0.3 is 0 Å². The third-order valence-electron chi connectivity index (χ3n) is 2.72. The van der Waals surface area contributed by atoms with Crippen LogP contribution >= 0.6 is 11.6 Å². The number of nitrogens with one attached hydrogen (secondary N) is 2. The van der Waals surface area contributed by atoms with Crippen molar-refractivity contribution < 1.29 is 9.18 Å². The van der Waals surface area contributed by atoms with Crippen LogP contribution in [0, 0.1) is 5.82 Å². The third kappa shape index (κ3) is 3.94. The predicted octanol–water partition coefficient (Wildman–Crippen LogP) is 1.32. The predicted molar refractivity (Wildman–Crippen MR) is 69.3 cm³/mol. The smallest absolute Gasteiger partial charge is 0.238 e. The molecule has 0 radical (unpaired) electrons. The van der Waals surface area contributed by atoms with Crippen LogP contribution in [-0.2, 0) is 4.79 Å². The van der Waals surface area contributed by atoms with Crippen molar-refractivity contribution in [3.63, 3.8) is 0 Å². The van der Waals surface area contributed by atoms with Gasteiger partial charge < -0.3 is 10.6 Å². The zero-order valence-corrected chi connectivity index (χ0v) is 10.6. The van der Waals surface area contributed by atoms with Gasteiger partial charge in [-0.1, -0.05) is 11.6 Å². The normalized spacial score (nSPS) is 16.6. The van der Waals surface area contributed by atoms with E-state index < -0.39 is 5.82 Å². The molecule has 1 aromatic carbocycles. The second-order valence-corrected chi connectivity index (χ2v) is 4.67. The van der Waals surface area contributed by atoms with Crippen LogP contribution < -0.4 is 10.6 Å². The Hall–Kier alpha value is -1.17. The van der Waals surface area contributed by atoms with Gasteiger partial charge in [0.2, 0.25) is 5.91 Å². The maximum atomic E-state index is 13.1. The number of benzene rings is 1. The molecular weight excluding hydrogens is 257 g/mol. The summed E-state index contributed by atoms with van der Waals surface area (Å²) < 4.78 is 13.1. The number of hydrogen-bond acceptors (Lipinski definition) is 3. The molecule has 1 fully saturated rings. The van der Waals surface area contributed by atoms with E-state index in [9.17, 15) is 9.18 Å². The number of piperazine rings is 1. The van der Waals surface area contributed by atoms with Crippen LogP contribution in [0.25, 0.3) is 0 Å². The summed E-state index contributed by atoms with van der Waals surface area (Å²) in [5, 5.41) is 6.13. The molecule has 0 saturated carbocycles. The quantitative estimate of drug-likeness (QED) is 0.872. The fourth-order valence-electron chi connectivity index (χ4n) is 1.90. The highest BCUT2D eigenvalue weighted by molar-refractivity contribution is 6.30. The number of halogens is 2. The molecule has 0 bridgehead atoms. The molecule has 1 amide bonds. The average Bonchev–Trinajstić information content (AvgIpc) is 2.28. The van der Waals surface area contributed by atoms with Gasteiger partial charge in [0, 0.05) is 36.9 Å². The van der Waals surface area contributed by atoms with Crippen molar-refractivity contribution in [2.75, 3.05) is 38.0 Å². The van der Waals surface area contributed by atoms with Crippen molar-refractivity contribution in [2.45, 2.75) is 0 Å². The van der Waals surface area contributed by atoms with Crippen molar-refractivity contribution in [2.24, 2.45) is 0 Å². The van der Waals surface area contributed by atoms with Gasteiger partial charge in [-0.15, -0.1) is 0 Å². The number of amides is 1. The Bertz CT molecular complexity index is 415. The lowest BCUT2D eigenvalue weighted by atomic mass is 10.3. The van der Waals surface area contributed by atoms with Crippen LogP contribution in [0.3, 0.4) is 0 Å². The molecule has 0 aromatic heterocycles. The Morgan fingerprint density at radius 1 is 1.39 bits per heavy atom. The molecule has 0 unspecified atom stereocenters. The number of rotatable bonds is 3. The lowest BCUT2D eigenvalue weighted by Gasteiger charge is -2.26. The maximum absolute atomic E-state index is 13.1. The summed E-state index contributed by atoms with van der Waals surface area (Å²) in [6.07, 6.45) is 0. The summed E-state index contributed by atoms with van der Waals surface area (Å²) in [7, 11) is 0. The summed E-state index contributed by atoms with van der Waals surface area (Å²) in [6, 6.07) is 3.98. The zero-order chi connectivity index (χ0) is 13.0. The van der Waals surface area contributed by atoms with E-state index in [-0.39, 0.29) is 10.9 Å². The molecular formula is C12H15ClFN3O. The molecule has 0 spiro atoms. The fraction of sp³-hybridized carbons (Fsp3) is 0.417. The molecule has 2 rings (SSSR count). The van der Waals surface area contributed by atoms with E-state index in [1.54, 1.807) is 0 Å². The summed E-state index contributed by atoms with van der Waals surface area (Å²) in [6.45, 7) is 3.78. The molecule has 2 N–H and O–H groups in total. The number of carbonyl (C=O) groups is 1. The summed E-state index contributed by atoms with van der Waals surface area (Å²) >= 11 is 5.72. The van der Waals surface area contributed by atoms with Crippen LogP contribution in [-0.4, -0.2) is 43.5 Å². The summed E-state index contributed by atoms with van der Waals surface area (Å²) in [5.74, 6) is -0.612. The molecule has 1 saturated heterocycles. The van der Waals surface area contributed by atoms with Gasteiger partial charge in [-0.3, -0.25) is 9.69 Å². The van der Waals surface area contributed by atoms with Crippen molar-refractivity contribution in [3.05, 3.63) is 29.0 Å². The van der Waals surface area contributed by atoms with Gasteiger partial charge in [0.15, 0.2) is 0 Å². The van der Waals surface area contributed by atoms with Crippen LogP contribution in [0.4, 0.5) is 10.1 Å². The molecule has 0 aliphatic carbocycles. The topological polar surface area (TPSA) is 44.4 Å². The Kier molecular flexibility index (Phi) is 4.52. The van der Waals surface area contributed by atoms with Crippen molar-refractivity contribution in [1.29, 1.82) is 0 Å². The van der Waals surface area contributed by atoms with E-state index in [4.69, 9.17) is 11.6 Å². The average molecular weight is 272 g/mol. The van der Waals surface area contributed by atoms with Gasteiger partial charge in [-0.25, -0.2) is 4.39 Å². The highest BCUT2D eigenvalue weighted by atomic mass is 35.5. The Morgan fingerprint density at radius 2 is 2.11 bits per heavy atom. The molecule has 1 aromatic rings.